The average Bonchev–Trinajstić information content (AvgIpc) is 1.82. The molecule has 5 heteroatoms. The molecule has 0 unspecified atom stereocenters. The third-order valence-corrected chi connectivity index (χ3v) is 1.52. The van der Waals surface area contributed by atoms with Gasteiger partial charge in [-0.3, -0.25) is 0 Å². The Morgan fingerprint density at radius 3 is 2.50 bits per heavy atom. The number of carboxylic acids is 1. The van der Waals surface area contributed by atoms with Gasteiger partial charge in [0.1, 0.15) is 0 Å². The minimum Gasteiger partial charge on any atom is -0.479 e. The molecule has 0 aliphatic carbocycles. The van der Waals surface area contributed by atoms with E-state index in [0.29, 0.717) is 12.2 Å². The van der Waals surface area contributed by atoms with E-state index in [0.717, 1.165) is 0 Å². The zero-order chi connectivity index (χ0) is 7.28. The minimum absolute atomic E-state index is 0. The van der Waals surface area contributed by atoms with Crippen LogP contribution in [0.4, 0.5) is 0 Å². The van der Waals surface area contributed by atoms with Crippen molar-refractivity contribution < 1.29 is 34.5 Å². The van der Waals surface area contributed by atoms with Gasteiger partial charge in [-0.25, -0.2) is 4.79 Å². The summed E-state index contributed by atoms with van der Waals surface area (Å²) in [5.74, 6) is -0.447. The smallest absolute Gasteiger partial charge is 0.332 e. The second-order valence-corrected chi connectivity index (χ2v) is 2.62. The van der Waals surface area contributed by atoms with Gasteiger partial charge in [0.05, 0.1) is 0 Å². The third-order valence-electron chi connectivity index (χ3n) is 0.880. The van der Waals surface area contributed by atoms with Crippen LogP contribution in [-0.2, 0) is 24.3 Å². The summed E-state index contributed by atoms with van der Waals surface area (Å²) >= 11 is 1.52. The van der Waals surface area contributed by atoms with Crippen LogP contribution in [0.3, 0.4) is 0 Å². The van der Waals surface area contributed by atoms with Crippen molar-refractivity contribution in [3.05, 3.63) is 0 Å². The standard InChI is InChI=1S/C5H10O3S.Zn/c1-9-3-2-4(6)5(7)8;/h4,6H,2-3H2,1H3,(H,7,8);/t4-;/m0./s1. The molecule has 1 atom stereocenters. The first-order valence-electron chi connectivity index (χ1n) is 2.58. The molecule has 0 spiro atoms. The predicted molar refractivity (Wildman–Crippen MR) is 36.6 cm³/mol. The Morgan fingerprint density at radius 2 is 2.20 bits per heavy atom. The zero-order valence-electron chi connectivity index (χ0n) is 5.91. The summed E-state index contributed by atoms with van der Waals surface area (Å²) in [6, 6.07) is 0. The fourth-order valence-corrected chi connectivity index (χ4v) is 0.812. The van der Waals surface area contributed by atoms with Gasteiger partial charge >= 0.3 is 5.97 Å². The summed E-state index contributed by atoms with van der Waals surface area (Å²) in [5, 5.41) is 16.8. The Morgan fingerprint density at radius 1 is 1.70 bits per heavy atom. The van der Waals surface area contributed by atoms with E-state index in [4.69, 9.17) is 10.2 Å². The summed E-state index contributed by atoms with van der Waals surface area (Å²) in [6.07, 6.45) is 1.02. The summed E-state index contributed by atoms with van der Waals surface area (Å²) in [7, 11) is 0. The van der Waals surface area contributed by atoms with E-state index in [1.807, 2.05) is 6.26 Å². The molecule has 0 aromatic carbocycles. The molecule has 0 radical (unpaired) electrons. The average molecular weight is 216 g/mol. The SMILES string of the molecule is CSCC[C@H](O)C(=O)O.[Zn]. The molecule has 0 aliphatic rings. The number of aliphatic hydroxyl groups excluding tert-OH is 1. The van der Waals surface area contributed by atoms with Gasteiger partial charge in [-0.15, -0.1) is 0 Å². The van der Waals surface area contributed by atoms with Crippen LogP contribution in [0.15, 0.2) is 0 Å². The predicted octanol–water partition coefficient (Wildman–Crippen LogP) is 0.182. The molecule has 56 valence electrons. The van der Waals surface area contributed by atoms with Crippen molar-refractivity contribution in [3.8, 4) is 0 Å². The quantitative estimate of drug-likeness (QED) is 0.657. The van der Waals surface area contributed by atoms with E-state index in [1.54, 1.807) is 0 Å². The van der Waals surface area contributed by atoms with E-state index >= 15 is 0 Å². The van der Waals surface area contributed by atoms with Gasteiger partial charge in [-0.2, -0.15) is 11.8 Å². The third kappa shape index (κ3) is 6.52. The summed E-state index contributed by atoms with van der Waals surface area (Å²) < 4.78 is 0. The normalized spacial score (nSPS) is 11.8. The summed E-state index contributed by atoms with van der Waals surface area (Å²) in [5.41, 5.74) is 0. The molecular weight excluding hydrogens is 206 g/mol. The maximum Gasteiger partial charge on any atom is 0.332 e. The molecule has 0 heterocycles. The van der Waals surface area contributed by atoms with Gasteiger partial charge < -0.3 is 10.2 Å². The number of carboxylic acid groups (broad SMARTS) is 1. The van der Waals surface area contributed by atoms with Crippen LogP contribution in [0.5, 0.6) is 0 Å². The summed E-state index contributed by atoms with van der Waals surface area (Å²) in [4.78, 5) is 9.95. The number of aliphatic carboxylic acids is 1. The van der Waals surface area contributed by atoms with E-state index in [2.05, 4.69) is 0 Å². The molecule has 0 aliphatic heterocycles. The van der Waals surface area contributed by atoms with Crippen LogP contribution in [0.25, 0.3) is 0 Å². The molecule has 0 amide bonds. The number of carbonyl (C=O) groups is 1. The van der Waals surface area contributed by atoms with E-state index < -0.39 is 12.1 Å². The molecule has 10 heavy (non-hydrogen) atoms. The van der Waals surface area contributed by atoms with E-state index in [1.165, 1.54) is 11.8 Å². The van der Waals surface area contributed by atoms with Gasteiger partial charge in [0.2, 0.25) is 0 Å². The van der Waals surface area contributed by atoms with Gasteiger partial charge in [-0.1, -0.05) is 0 Å². The van der Waals surface area contributed by atoms with E-state index in [-0.39, 0.29) is 19.5 Å². The topological polar surface area (TPSA) is 57.5 Å². The molecule has 0 aromatic rings. The maximum absolute atomic E-state index is 9.95. The Kier molecular flexibility index (Phi) is 9.78. The van der Waals surface area contributed by atoms with Crippen LogP contribution in [0.2, 0.25) is 0 Å². The van der Waals surface area contributed by atoms with Gasteiger partial charge in [-0.05, 0) is 18.4 Å². The first-order valence-corrected chi connectivity index (χ1v) is 3.97. The Balaban J connectivity index is 0. The van der Waals surface area contributed by atoms with Crippen molar-refractivity contribution >= 4 is 17.7 Å². The van der Waals surface area contributed by atoms with E-state index in [9.17, 15) is 4.79 Å². The molecule has 0 saturated carbocycles. The van der Waals surface area contributed by atoms with Gasteiger partial charge in [0.15, 0.2) is 6.10 Å². The van der Waals surface area contributed by atoms with Crippen molar-refractivity contribution in [1.82, 2.24) is 0 Å². The minimum atomic E-state index is -1.18. The first-order chi connectivity index (χ1) is 4.18. The van der Waals surface area contributed by atoms with Crippen molar-refractivity contribution in [2.75, 3.05) is 12.0 Å². The van der Waals surface area contributed by atoms with Crippen molar-refractivity contribution in [3.63, 3.8) is 0 Å². The van der Waals surface area contributed by atoms with Crippen molar-refractivity contribution in [1.29, 1.82) is 0 Å². The number of rotatable bonds is 4. The van der Waals surface area contributed by atoms with Gasteiger partial charge in [0, 0.05) is 19.5 Å². The molecular formula is C5H10O3SZn. The summed E-state index contributed by atoms with van der Waals surface area (Å²) in [6.45, 7) is 0. The monoisotopic (exact) mass is 214 g/mol. The largest absolute Gasteiger partial charge is 0.479 e. The molecule has 2 N–H and O–H groups in total. The number of thioether (sulfide) groups is 1. The molecule has 0 fully saturated rings. The second-order valence-electron chi connectivity index (χ2n) is 1.64. The fraction of sp³-hybridized carbons (Fsp3) is 0.800. The zero-order valence-corrected chi connectivity index (χ0v) is 9.69. The molecule has 3 nitrogen and oxygen atoms in total. The number of hydrogen-bond acceptors (Lipinski definition) is 3. The molecule has 0 aromatic heterocycles. The second kappa shape index (κ2) is 7.51. The van der Waals surface area contributed by atoms with Crippen LogP contribution in [0.1, 0.15) is 6.42 Å². The first kappa shape index (κ1) is 13.0. The maximum atomic E-state index is 9.95. The number of hydrogen-bond donors (Lipinski definition) is 2. The fourth-order valence-electron chi connectivity index (χ4n) is 0.353. The van der Waals surface area contributed by atoms with Gasteiger partial charge in [0.25, 0.3) is 0 Å². The molecule has 0 saturated heterocycles. The van der Waals surface area contributed by atoms with Crippen LogP contribution >= 0.6 is 11.8 Å². The molecule has 0 bridgehead atoms. The van der Waals surface area contributed by atoms with Crippen LogP contribution < -0.4 is 0 Å². The molecule has 0 rings (SSSR count). The Bertz CT molecular complexity index is 98.9. The Hall–Kier alpha value is 0.403. The van der Waals surface area contributed by atoms with Crippen molar-refractivity contribution in [2.24, 2.45) is 0 Å². The number of aliphatic hydroxyl groups is 1. The van der Waals surface area contributed by atoms with Crippen molar-refractivity contribution in [2.45, 2.75) is 12.5 Å². The van der Waals surface area contributed by atoms with Crippen LogP contribution in [-0.4, -0.2) is 34.3 Å². The van der Waals surface area contributed by atoms with Crippen LogP contribution in [0, 0.1) is 0 Å². The Labute approximate surface area is 77.0 Å².